The lowest BCUT2D eigenvalue weighted by Gasteiger charge is -2.13. The topological polar surface area (TPSA) is 139 Å². The van der Waals surface area contributed by atoms with E-state index in [1.807, 2.05) is 0 Å². The van der Waals surface area contributed by atoms with Crippen LogP contribution in [-0.2, 0) is 23.2 Å². The van der Waals surface area contributed by atoms with Crippen LogP contribution in [0, 0.1) is 6.92 Å². The maximum Gasteiger partial charge on any atom is 0.326 e. The number of carbonyl (C=O) groups is 3. The second-order valence-electron chi connectivity index (χ2n) is 4.30. The Bertz CT molecular complexity index is 525. The fourth-order valence-electron chi connectivity index (χ4n) is 1.61. The van der Waals surface area contributed by atoms with E-state index in [9.17, 15) is 14.4 Å². The zero-order valence-corrected chi connectivity index (χ0v) is 11.2. The standard InChI is InChI=1S/C11H17N5O4/c1-6-7(5-16(2)15-6)4-13-11(20)14-8(10(18)19)3-9(12)17/h5,8H,3-4H2,1-2H3,(H2,12,17)(H,18,19)(H2,13,14,20). The fourth-order valence-corrected chi connectivity index (χ4v) is 1.61. The van der Waals surface area contributed by atoms with Crippen molar-refractivity contribution in [1.82, 2.24) is 20.4 Å². The van der Waals surface area contributed by atoms with Crippen LogP contribution in [0.5, 0.6) is 0 Å². The van der Waals surface area contributed by atoms with E-state index >= 15 is 0 Å². The fraction of sp³-hybridized carbons (Fsp3) is 0.455. The van der Waals surface area contributed by atoms with Crippen LogP contribution in [0.2, 0.25) is 0 Å². The number of nitrogens with one attached hydrogen (secondary N) is 2. The summed E-state index contributed by atoms with van der Waals surface area (Å²) >= 11 is 0. The SMILES string of the molecule is Cc1nn(C)cc1CNC(=O)NC(CC(N)=O)C(=O)O. The summed E-state index contributed by atoms with van der Waals surface area (Å²) in [4.78, 5) is 33.1. The molecule has 20 heavy (non-hydrogen) atoms. The summed E-state index contributed by atoms with van der Waals surface area (Å²) in [6.45, 7) is 2.00. The number of aliphatic carboxylic acids is 1. The third-order valence-electron chi connectivity index (χ3n) is 2.56. The number of nitrogens with zero attached hydrogens (tertiary/aromatic N) is 2. The quantitative estimate of drug-likeness (QED) is 0.522. The minimum absolute atomic E-state index is 0.203. The molecule has 0 saturated heterocycles. The van der Waals surface area contributed by atoms with E-state index in [1.54, 1.807) is 24.9 Å². The number of carboxylic acid groups (broad SMARTS) is 1. The monoisotopic (exact) mass is 283 g/mol. The van der Waals surface area contributed by atoms with Crippen molar-refractivity contribution >= 4 is 17.9 Å². The Morgan fingerprint density at radius 3 is 2.60 bits per heavy atom. The lowest BCUT2D eigenvalue weighted by molar-refractivity contribution is -0.140. The van der Waals surface area contributed by atoms with Crippen molar-refractivity contribution in [3.8, 4) is 0 Å². The molecule has 0 spiro atoms. The Hall–Kier alpha value is -2.58. The van der Waals surface area contributed by atoms with Gasteiger partial charge in [-0.15, -0.1) is 0 Å². The minimum Gasteiger partial charge on any atom is -0.480 e. The lowest BCUT2D eigenvalue weighted by atomic mass is 10.2. The number of urea groups is 1. The van der Waals surface area contributed by atoms with E-state index in [-0.39, 0.29) is 6.54 Å². The van der Waals surface area contributed by atoms with Crippen molar-refractivity contribution in [3.63, 3.8) is 0 Å². The van der Waals surface area contributed by atoms with Crippen molar-refractivity contribution in [2.75, 3.05) is 0 Å². The number of amides is 3. The lowest BCUT2D eigenvalue weighted by Crippen LogP contribution is -2.47. The number of aryl methyl sites for hydroxylation is 2. The molecule has 0 aliphatic heterocycles. The van der Waals surface area contributed by atoms with Gasteiger partial charge in [0, 0.05) is 25.4 Å². The van der Waals surface area contributed by atoms with Crippen molar-refractivity contribution < 1.29 is 19.5 Å². The smallest absolute Gasteiger partial charge is 0.326 e. The Kier molecular flexibility index (Phi) is 5.07. The van der Waals surface area contributed by atoms with Gasteiger partial charge >= 0.3 is 12.0 Å². The van der Waals surface area contributed by atoms with E-state index < -0.39 is 30.4 Å². The Morgan fingerprint density at radius 2 is 2.15 bits per heavy atom. The van der Waals surface area contributed by atoms with Gasteiger partial charge in [-0.1, -0.05) is 0 Å². The number of carbonyl (C=O) groups excluding carboxylic acids is 2. The maximum atomic E-state index is 11.6. The third kappa shape index (κ3) is 4.59. The molecule has 0 aliphatic carbocycles. The minimum atomic E-state index is -1.34. The Labute approximate surface area is 115 Å². The van der Waals surface area contributed by atoms with Crippen LogP contribution in [0.15, 0.2) is 6.20 Å². The molecule has 1 heterocycles. The molecule has 5 N–H and O–H groups in total. The first-order chi connectivity index (χ1) is 9.29. The molecule has 3 amide bonds. The predicted molar refractivity (Wildman–Crippen MR) is 68.6 cm³/mol. The van der Waals surface area contributed by atoms with Crippen molar-refractivity contribution in [1.29, 1.82) is 0 Å². The zero-order valence-electron chi connectivity index (χ0n) is 11.2. The molecule has 0 fully saturated rings. The molecule has 9 nitrogen and oxygen atoms in total. The molecular formula is C11H17N5O4. The van der Waals surface area contributed by atoms with Gasteiger partial charge in [-0.3, -0.25) is 9.48 Å². The molecule has 1 atom stereocenters. The molecular weight excluding hydrogens is 266 g/mol. The van der Waals surface area contributed by atoms with Gasteiger partial charge in [0.25, 0.3) is 0 Å². The number of carboxylic acids is 1. The van der Waals surface area contributed by atoms with Gasteiger partial charge in [-0.25, -0.2) is 9.59 Å². The summed E-state index contributed by atoms with van der Waals surface area (Å²) in [7, 11) is 1.75. The maximum absolute atomic E-state index is 11.6. The van der Waals surface area contributed by atoms with Gasteiger partial charge in [0.1, 0.15) is 6.04 Å². The number of nitrogens with two attached hydrogens (primary N) is 1. The molecule has 0 aromatic carbocycles. The number of hydrogen-bond acceptors (Lipinski definition) is 4. The second kappa shape index (κ2) is 6.55. The molecule has 1 aromatic heterocycles. The van der Waals surface area contributed by atoms with Crippen LogP contribution in [-0.4, -0.2) is 38.8 Å². The summed E-state index contributed by atoms with van der Waals surface area (Å²) in [5, 5.41) is 17.6. The predicted octanol–water partition coefficient (Wildman–Crippen LogP) is -1.14. The molecule has 0 aliphatic rings. The number of hydrogen-bond donors (Lipinski definition) is 4. The van der Waals surface area contributed by atoms with E-state index in [2.05, 4.69) is 15.7 Å². The normalized spacial score (nSPS) is 11.7. The zero-order chi connectivity index (χ0) is 15.3. The van der Waals surface area contributed by atoms with Gasteiger partial charge in [-0.2, -0.15) is 5.10 Å². The van der Waals surface area contributed by atoms with Gasteiger partial charge in [0.2, 0.25) is 5.91 Å². The molecule has 1 aromatic rings. The highest BCUT2D eigenvalue weighted by molar-refractivity contribution is 5.87. The molecule has 0 bridgehead atoms. The van der Waals surface area contributed by atoms with E-state index in [1.165, 1.54) is 0 Å². The molecule has 0 radical (unpaired) electrons. The highest BCUT2D eigenvalue weighted by Crippen LogP contribution is 2.03. The van der Waals surface area contributed by atoms with Gasteiger partial charge in [0.05, 0.1) is 12.1 Å². The molecule has 0 saturated carbocycles. The molecule has 1 unspecified atom stereocenters. The van der Waals surface area contributed by atoms with Gasteiger partial charge in [0.15, 0.2) is 0 Å². The van der Waals surface area contributed by atoms with Crippen LogP contribution >= 0.6 is 0 Å². The average Bonchev–Trinajstić information content (AvgIpc) is 2.63. The summed E-state index contributed by atoms with van der Waals surface area (Å²) in [5.41, 5.74) is 6.48. The molecule has 9 heteroatoms. The van der Waals surface area contributed by atoms with E-state index in [4.69, 9.17) is 10.8 Å². The van der Waals surface area contributed by atoms with Gasteiger partial charge in [-0.05, 0) is 6.92 Å². The highest BCUT2D eigenvalue weighted by atomic mass is 16.4. The first-order valence-corrected chi connectivity index (χ1v) is 5.84. The largest absolute Gasteiger partial charge is 0.480 e. The van der Waals surface area contributed by atoms with E-state index in [0.717, 1.165) is 11.3 Å². The van der Waals surface area contributed by atoms with Gasteiger partial charge < -0.3 is 21.5 Å². The number of primary amides is 1. The molecule has 1 rings (SSSR count). The average molecular weight is 283 g/mol. The molecule has 110 valence electrons. The van der Waals surface area contributed by atoms with E-state index in [0.29, 0.717) is 0 Å². The summed E-state index contributed by atoms with van der Waals surface area (Å²) in [6, 6.07) is -2.04. The number of rotatable bonds is 6. The van der Waals surface area contributed by atoms with Crippen molar-refractivity contribution in [3.05, 3.63) is 17.5 Å². The highest BCUT2D eigenvalue weighted by Gasteiger charge is 2.22. The van der Waals surface area contributed by atoms with Crippen LogP contribution in [0.1, 0.15) is 17.7 Å². The van der Waals surface area contributed by atoms with Crippen LogP contribution < -0.4 is 16.4 Å². The van der Waals surface area contributed by atoms with Crippen molar-refractivity contribution in [2.24, 2.45) is 12.8 Å². The second-order valence-corrected chi connectivity index (χ2v) is 4.30. The first kappa shape index (κ1) is 15.5. The first-order valence-electron chi connectivity index (χ1n) is 5.84. The Balaban J connectivity index is 2.52. The third-order valence-corrected chi connectivity index (χ3v) is 2.56. The van der Waals surface area contributed by atoms with Crippen LogP contribution in [0.25, 0.3) is 0 Å². The van der Waals surface area contributed by atoms with Crippen LogP contribution in [0.4, 0.5) is 4.79 Å². The van der Waals surface area contributed by atoms with Crippen molar-refractivity contribution in [2.45, 2.75) is 25.9 Å². The Morgan fingerprint density at radius 1 is 1.50 bits per heavy atom. The summed E-state index contributed by atoms with van der Waals surface area (Å²) in [6.07, 6.45) is 1.28. The number of aromatic nitrogens is 2. The van der Waals surface area contributed by atoms with Crippen LogP contribution in [0.3, 0.4) is 0 Å². The summed E-state index contributed by atoms with van der Waals surface area (Å²) < 4.78 is 1.61. The summed E-state index contributed by atoms with van der Waals surface area (Å²) in [5.74, 6) is -2.13.